The molecule has 0 aliphatic carbocycles. The Labute approximate surface area is 211 Å². The number of carbonyl (C=O) groups is 2. The lowest BCUT2D eigenvalue weighted by molar-refractivity contribution is -0.139. The molecule has 0 heterocycles. The summed E-state index contributed by atoms with van der Waals surface area (Å²) in [4.78, 5) is 27.8. The van der Waals surface area contributed by atoms with Gasteiger partial charge in [0.05, 0.1) is 11.9 Å². The number of nitrogens with one attached hydrogen (secondary N) is 1. The van der Waals surface area contributed by atoms with E-state index < -0.39 is 28.5 Å². The number of benzene rings is 2. The molecule has 1 N–H and O–H groups in total. The molecule has 0 fully saturated rings. The molecule has 186 valence electrons. The number of amides is 2. The van der Waals surface area contributed by atoms with Crippen molar-refractivity contribution < 1.29 is 18.0 Å². The van der Waals surface area contributed by atoms with E-state index in [-0.39, 0.29) is 12.5 Å². The maximum Gasteiger partial charge on any atom is 0.244 e. The summed E-state index contributed by atoms with van der Waals surface area (Å²) in [5.74, 6) is -0.720. The highest BCUT2D eigenvalue weighted by molar-refractivity contribution is 9.10. The maximum atomic E-state index is 13.5. The van der Waals surface area contributed by atoms with E-state index in [0.29, 0.717) is 12.2 Å². The lowest BCUT2D eigenvalue weighted by Gasteiger charge is -2.31. The highest BCUT2D eigenvalue weighted by Gasteiger charge is 2.30. The molecule has 0 radical (unpaired) electrons. The molecule has 7 nitrogen and oxygen atoms in total. The third-order valence-corrected chi connectivity index (χ3v) is 7.11. The molecule has 2 amide bonds. The van der Waals surface area contributed by atoms with E-state index in [1.165, 1.54) is 4.90 Å². The van der Waals surface area contributed by atoms with Gasteiger partial charge >= 0.3 is 0 Å². The maximum absolute atomic E-state index is 13.5. The van der Waals surface area contributed by atoms with Crippen molar-refractivity contribution in [3.05, 3.63) is 63.6 Å². The van der Waals surface area contributed by atoms with Gasteiger partial charge in [-0.05, 0) is 68.1 Å². The number of sulfonamides is 1. The van der Waals surface area contributed by atoms with E-state index in [9.17, 15) is 18.0 Å². The molecule has 2 aromatic rings. The largest absolute Gasteiger partial charge is 0.354 e. The molecule has 34 heavy (non-hydrogen) atoms. The predicted octanol–water partition coefficient (Wildman–Crippen LogP) is 4.17. The van der Waals surface area contributed by atoms with Gasteiger partial charge in [0.2, 0.25) is 21.8 Å². The zero-order valence-corrected chi connectivity index (χ0v) is 22.9. The molecular weight excluding hydrogens is 518 g/mol. The summed E-state index contributed by atoms with van der Waals surface area (Å²) in [6, 6.07) is 12.1. The molecule has 0 saturated heterocycles. The molecule has 2 aromatic carbocycles. The summed E-state index contributed by atoms with van der Waals surface area (Å²) in [6.07, 6.45) is 2.86. The van der Waals surface area contributed by atoms with Crippen LogP contribution in [0.5, 0.6) is 0 Å². The number of unbranched alkanes of at least 4 members (excludes halogenated alkanes) is 1. The molecular formula is C25H34BrN3O4S. The Hall–Kier alpha value is -2.39. The molecule has 2 rings (SSSR count). The van der Waals surface area contributed by atoms with E-state index in [4.69, 9.17) is 0 Å². The minimum absolute atomic E-state index is 0.179. The van der Waals surface area contributed by atoms with Crippen molar-refractivity contribution in [2.24, 2.45) is 0 Å². The summed E-state index contributed by atoms with van der Waals surface area (Å²) in [7, 11) is -3.74. The zero-order chi connectivity index (χ0) is 25.5. The van der Waals surface area contributed by atoms with Gasteiger partial charge in [-0.1, -0.05) is 47.5 Å². The Bertz CT molecular complexity index is 1080. The van der Waals surface area contributed by atoms with Gasteiger partial charge in [0.1, 0.15) is 12.6 Å². The van der Waals surface area contributed by atoms with Crippen molar-refractivity contribution in [3.63, 3.8) is 0 Å². The van der Waals surface area contributed by atoms with Crippen molar-refractivity contribution in [1.82, 2.24) is 10.2 Å². The molecule has 0 aromatic heterocycles. The van der Waals surface area contributed by atoms with Crippen molar-refractivity contribution in [1.29, 1.82) is 0 Å². The fourth-order valence-electron chi connectivity index (χ4n) is 3.61. The number of aryl methyl sites for hydroxylation is 2. The average Bonchev–Trinajstić information content (AvgIpc) is 2.75. The van der Waals surface area contributed by atoms with Crippen LogP contribution in [0.2, 0.25) is 0 Å². The Kier molecular flexibility index (Phi) is 10.1. The first-order valence-electron chi connectivity index (χ1n) is 11.3. The van der Waals surface area contributed by atoms with Crippen LogP contribution in [-0.2, 0) is 26.2 Å². The van der Waals surface area contributed by atoms with Crippen LogP contribution in [0.15, 0.2) is 46.9 Å². The van der Waals surface area contributed by atoms with Crippen LogP contribution < -0.4 is 9.62 Å². The first kappa shape index (κ1) is 27.9. The Morgan fingerprint density at radius 3 is 2.18 bits per heavy atom. The number of halogens is 1. The van der Waals surface area contributed by atoms with Gasteiger partial charge in [-0.15, -0.1) is 0 Å². The van der Waals surface area contributed by atoms with Gasteiger partial charge in [0.25, 0.3) is 0 Å². The summed E-state index contributed by atoms with van der Waals surface area (Å²) in [5.41, 5.74) is 3.05. The minimum Gasteiger partial charge on any atom is -0.354 e. The second-order valence-corrected chi connectivity index (χ2v) is 11.4. The van der Waals surface area contributed by atoms with Crippen molar-refractivity contribution >= 4 is 43.5 Å². The van der Waals surface area contributed by atoms with Crippen LogP contribution >= 0.6 is 15.9 Å². The van der Waals surface area contributed by atoms with Gasteiger partial charge < -0.3 is 10.2 Å². The SMILES string of the molecule is CCCCNC(=O)[C@H](C)N(Cc1ccc(Br)cc1)C(=O)CN(c1cc(C)cc(C)c1)S(C)(=O)=O. The predicted molar refractivity (Wildman–Crippen MR) is 140 cm³/mol. The van der Waals surface area contributed by atoms with Gasteiger partial charge in [0, 0.05) is 17.6 Å². The number of hydrogen-bond acceptors (Lipinski definition) is 4. The molecule has 1 atom stereocenters. The smallest absolute Gasteiger partial charge is 0.244 e. The molecule has 0 unspecified atom stereocenters. The molecule has 9 heteroatoms. The highest BCUT2D eigenvalue weighted by Crippen LogP contribution is 2.22. The van der Waals surface area contributed by atoms with Gasteiger partial charge in [-0.3, -0.25) is 13.9 Å². The van der Waals surface area contributed by atoms with Crippen LogP contribution in [0, 0.1) is 13.8 Å². The average molecular weight is 553 g/mol. The molecule has 0 saturated carbocycles. The number of rotatable bonds is 11. The van der Waals surface area contributed by atoms with Crippen molar-refractivity contribution in [2.75, 3.05) is 23.7 Å². The quantitative estimate of drug-likeness (QED) is 0.424. The van der Waals surface area contributed by atoms with E-state index in [2.05, 4.69) is 21.2 Å². The molecule has 0 spiro atoms. The number of carbonyl (C=O) groups excluding carboxylic acids is 2. The third-order valence-electron chi connectivity index (χ3n) is 5.44. The fraction of sp³-hybridized carbons (Fsp3) is 0.440. The van der Waals surface area contributed by atoms with E-state index in [1.54, 1.807) is 19.1 Å². The zero-order valence-electron chi connectivity index (χ0n) is 20.5. The fourth-order valence-corrected chi connectivity index (χ4v) is 4.71. The van der Waals surface area contributed by atoms with E-state index in [0.717, 1.165) is 44.6 Å². The van der Waals surface area contributed by atoms with Gasteiger partial charge in [-0.25, -0.2) is 8.42 Å². The van der Waals surface area contributed by atoms with Gasteiger partial charge in [0.15, 0.2) is 0 Å². The Morgan fingerprint density at radius 1 is 1.06 bits per heavy atom. The molecule has 0 bridgehead atoms. The van der Waals surface area contributed by atoms with Crippen LogP contribution in [0.4, 0.5) is 5.69 Å². The first-order valence-corrected chi connectivity index (χ1v) is 13.9. The second kappa shape index (κ2) is 12.4. The van der Waals surface area contributed by atoms with E-state index in [1.807, 2.05) is 51.1 Å². The number of anilines is 1. The molecule has 0 aliphatic heterocycles. The van der Waals surface area contributed by atoms with Crippen molar-refractivity contribution in [3.8, 4) is 0 Å². The third kappa shape index (κ3) is 8.13. The topological polar surface area (TPSA) is 86.8 Å². The summed E-state index contributed by atoms with van der Waals surface area (Å²) >= 11 is 3.40. The van der Waals surface area contributed by atoms with Gasteiger partial charge in [-0.2, -0.15) is 0 Å². The molecule has 0 aliphatic rings. The van der Waals surface area contributed by atoms with Crippen LogP contribution in [0.25, 0.3) is 0 Å². The van der Waals surface area contributed by atoms with Crippen LogP contribution in [0.3, 0.4) is 0 Å². The minimum atomic E-state index is -3.74. The Balaban J connectivity index is 2.37. The number of nitrogens with zero attached hydrogens (tertiary/aromatic N) is 2. The van der Waals surface area contributed by atoms with Crippen LogP contribution in [0.1, 0.15) is 43.4 Å². The number of hydrogen-bond donors (Lipinski definition) is 1. The summed E-state index contributed by atoms with van der Waals surface area (Å²) in [6.45, 7) is 7.76. The lowest BCUT2D eigenvalue weighted by atomic mass is 10.1. The Morgan fingerprint density at radius 2 is 1.65 bits per heavy atom. The lowest BCUT2D eigenvalue weighted by Crippen LogP contribution is -2.51. The summed E-state index contributed by atoms with van der Waals surface area (Å²) < 4.78 is 27.3. The highest BCUT2D eigenvalue weighted by atomic mass is 79.9. The summed E-state index contributed by atoms with van der Waals surface area (Å²) in [5, 5.41) is 2.87. The van der Waals surface area contributed by atoms with Crippen molar-refractivity contribution in [2.45, 2.75) is 53.1 Å². The second-order valence-electron chi connectivity index (χ2n) is 8.58. The normalized spacial score (nSPS) is 12.2. The standard InChI is InChI=1S/C25H34BrN3O4S/c1-6-7-12-27-25(31)20(4)28(16-21-8-10-22(26)11-9-21)24(30)17-29(34(5,32)33)23-14-18(2)13-19(3)15-23/h8-11,13-15,20H,6-7,12,16-17H2,1-5H3,(H,27,31)/t20-/m0/s1. The monoisotopic (exact) mass is 551 g/mol. The van der Waals surface area contributed by atoms with E-state index >= 15 is 0 Å². The first-order chi connectivity index (χ1) is 15.9. The van der Waals surface area contributed by atoms with Crippen LogP contribution in [-0.4, -0.2) is 50.5 Å².